The van der Waals surface area contributed by atoms with Crippen LogP contribution >= 0.6 is 24.0 Å². The van der Waals surface area contributed by atoms with E-state index in [1.807, 2.05) is 0 Å². The molecule has 0 aromatic heterocycles. The van der Waals surface area contributed by atoms with Gasteiger partial charge in [-0.2, -0.15) is 0 Å². The fourth-order valence-electron chi connectivity index (χ4n) is 4.50. The van der Waals surface area contributed by atoms with E-state index in [9.17, 15) is 0 Å². The largest absolute Gasteiger partial charge is 0.376 e. The predicted molar refractivity (Wildman–Crippen MR) is 141 cm³/mol. The van der Waals surface area contributed by atoms with Gasteiger partial charge >= 0.3 is 0 Å². The van der Waals surface area contributed by atoms with E-state index in [4.69, 9.17) is 9.73 Å². The number of guanidine groups is 1. The highest BCUT2D eigenvalue weighted by molar-refractivity contribution is 14.0. The number of ether oxygens (including phenoxy) is 1. The van der Waals surface area contributed by atoms with Crippen LogP contribution < -0.4 is 5.32 Å². The molecule has 2 aliphatic rings. The Labute approximate surface area is 207 Å². The Morgan fingerprint density at radius 1 is 1.06 bits per heavy atom. The third-order valence-electron chi connectivity index (χ3n) is 6.23. The maximum atomic E-state index is 5.98. The summed E-state index contributed by atoms with van der Waals surface area (Å²) in [7, 11) is 0. The van der Waals surface area contributed by atoms with Crippen molar-refractivity contribution in [3.8, 4) is 0 Å². The van der Waals surface area contributed by atoms with E-state index in [0.717, 1.165) is 38.7 Å². The molecule has 2 saturated heterocycles. The molecule has 0 saturated carbocycles. The second-order valence-electron chi connectivity index (χ2n) is 8.80. The average Bonchev–Trinajstić information content (AvgIpc) is 3.25. The van der Waals surface area contributed by atoms with Gasteiger partial charge in [0.05, 0.1) is 13.2 Å². The monoisotopic (exact) mass is 542 g/mol. The number of piperidine rings is 1. The molecule has 2 fully saturated rings. The van der Waals surface area contributed by atoms with E-state index in [0.29, 0.717) is 12.5 Å². The SMILES string of the molecule is CCNC(=NCCCCCN1CCCCC1)N1CCC(COCc2ccccc2)C1.I. The molecule has 5 nitrogen and oxygen atoms in total. The Morgan fingerprint density at radius 2 is 1.87 bits per heavy atom. The highest BCUT2D eigenvalue weighted by Gasteiger charge is 2.24. The van der Waals surface area contributed by atoms with Crippen molar-refractivity contribution in [1.82, 2.24) is 15.1 Å². The first-order valence-electron chi connectivity index (χ1n) is 12.2. The van der Waals surface area contributed by atoms with Crippen LogP contribution in [0.4, 0.5) is 0 Å². The molecule has 3 rings (SSSR count). The Kier molecular flexibility index (Phi) is 13.5. The van der Waals surface area contributed by atoms with Crippen molar-refractivity contribution in [2.75, 3.05) is 52.4 Å². The topological polar surface area (TPSA) is 40.1 Å². The molecule has 6 heteroatoms. The number of halogens is 1. The lowest BCUT2D eigenvalue weighted by molar-refractivity contribution is 0.0907. The van der Waals surface area contributed by atoms with E-state index in [1.165, 1.54) is 70.1 Å². The summed E-state index contributed by atoms with van der Waals surface area (Å²) in [5.41, 5.74) is 1.25. The van der Waals surface area contributed by atoms with Crippen molar-refractivity contribution in [2.45, 2.75) is 58.5 Å². The van der Waals surface area contributed by atoms with Crippen LogP contribution in [0.2, 0.25) is 0 Å². The number of likely N-dealkylation sites (tertiary alicyclic amines) is 2. The van der Waals surface area contributed by atoms with Crippen molar-refractivity contribution in [3.05, 3.63) is 35.9 Å². The smallest absolute Gasteiger partial charge is 0.193 e. The molecule has 1 atom stereocenters. The molecule has 1 aromatic carbocycles. The minimum absolute atomic E-state index is 0. The molecule has 0 bridgehead atoms. The number of hydrogen-bond donors (Lipinski definition) is 1. The average molecular weight is 543 g/mol. The van der Waals surface area contributed by atoms with E-state index in [1.54, 1.807) is 0 Å². The molecule has 1 aromatic rings. The molecular formula is C25H43IN4O. The summed E-state index contributed by atoms with van der Waals surface area (Å²) in [5.74, 6) is 1.70. The minimum Gasteiger partial charge on any atom is -0.376 e. The fourth-order valence-corrected chi connectivity index (χ4v) is 4.50. The summed E-state index contributed by atoms with van der Waals surface area (Å²) in [4.78, 5) is 9.98. The number of unbranched alkanes of at least 4 members (excludes halogenated alkanes) is 2. The first-order valence-corrected chi connectivity index (χ1v) is 12.2. The minimum atomic E-state index is 0. The maximum Gasteiger partial charge on any atom is 0.193 e. The third-order valence-corrected chi connectivity index (χ3v) is 6.23. The van der Waals surface area contributed by atoms with Gasteiger partial charge in [-0.05, 0) is 64.2 Å². The van der Waals surface area contributed by atoms with Crippen LogP contribution in [0.5, 0.6) is 0 Å². The van der Waals surface area contributed by atoms with Gasteiger partial charge in [0.25, 0.3) is 0 Å². The van der Waals surface area contributed by atoms with Gasteiger partial charge in [-0.3, -0.25) is 4.99 Å². The number of nitrogens with zero attached hydrogens (tertiary/aromatic N) is 3. The molecular weight excluding hydrogens is 499 g/mol. The van der Waals surface area contributed by atoms with Gasteiger partial charge in [0.1, 0.15) is 0 Å². The Morgan fingerprint density at radius 3 is 2.65 bits per heavy atom. The molecule has 31 heavy (non-hydrogen) atoms. The first kappa shape index (κ1) is 26.4. The maximum absolute atomic E-state index is 5.98. The number of hydrogen-bond acceptors (Lipinski definition) is 3. The van der Waals surface area contributed by atoms with E-state index in [2.05, 4.69) is 52.4 Å². The lowest BCUT2D eigenvalue weighted by atomic mass is 10.1. The molecule has 1 N–H and O–H groups in total. The standard InChI is InChI=1S/C25H42N4O.HI/c1-2-26-25(27-15-8-4-9-16-28-17-10-5-11-18-28)29-19-14-24(20-29)22-30-21-23-12-6-3-7-13-23;/h3,6-7,12-13,24H,2,4-5,8-11,14-22H2,1H3,(H,26,27);1H. The van der Waals surface area contributed by atoms with Crippen LogP contribution in [0.25, 0.3) is 0 Å². The Hall–Kier alpha value is -0.860. The van der Waals surface area contributed by atoms with E-state index < -0.39 is 0 Å². The molecule has 0 spiro atoms. The molecule has 2 heterocycles. The zero-order valence-electron chi connectivity index (χ0n) is 19.4. The van der Waals surface area contributed by atoms with Gasteiger partial charge in [-0.1, -0.05) is 43.2 Å². The number of rotatable bonds is 11. The second kappa shape index (κ2) is 15.9. The molecule has 2 aliphatic heterocycles. The van der Waals surface area contributed by atoms with Crippen LogP contribution in [0.3, 0.4) is 0 Å². The van der Waals surface area contributed by atoms with Gasteiger partial charge in [0.2, 0.25) is 0 Å². The summed E-state index contributed by atoms with van der Waals surface area (Å²) in [6.07, 6.45) is 9.20. The summed E-state index contributed by atoms with van der Waals surface area (Å²) < 4.78 is 5.98. The summed E-state index contributed by atoms with van der Waals surface area (Å²) in [6.45, 7) is 11.6. The predicted octanol–water partition coefficient (Wildman–Crippen LogP) is 4.76. The van der Waals surface area contributed by atoms with E-state index >= 15 is 0 Å². The molecule has 0 amide bonds. The first-order chi connectivity index (χ1) is 14.8. The van der Waals surface area contributed by atoms with Gasteiger partial charge < -0.3 is 19.9 Å². The van der Waals surface area contributed by atoms with Crippen molar-refractivity contribution in [3.63, 3.8) is 0 Å². The second-order valence-corrected chi connectivity index (χ2v) is 8.80. The number of nitrogens with one attached hydrogen (secondary N) is 1. The van der Waals surface area contributed by atoms with Gasteiger partial charge in [-0.25, -0.2) is 0 Å². The summed E-state index contributed by atoms with van der Waals surface area (Å²) in [5, 5.41) is 3.50. The zero-order valence-corrected chi connectivity index (χ0v) is 21.8. The fraction of sp³-hybridized carbons (Fsp3) is 0.720. The number of aliphatic imine (C=N–C) groups is 1. The third kappa shape index (κ3) is 10.1. The Bertz CT molecular complexity index is 607. The lowest BCUT2D eigenvalue weighted by Crippen LogP contribution is -2.40. The highest BCUT2D eigenvalue weighted by atomic mass is 127. The number of benzene rings is 1. The molecule has 0 aliphatic carbocycles. The van der Waals surface area contributed by atoms with Crippen molar-refractivity contribution in [2.24, 2.45) is 10.9 Å². The van der Waals surface area contributed by atoms with Crippen LogP contribution in [0, 0.1) is 5.92 Å². The quantitative estimate of drug-likeness (QED) is 0.190. The van der Waals surface area contributed by atoms with Crippen LogP contribution in [-0.2, 0) is 11.3 Å². The zero-order chi connectivity index (χ0) is 20.9. The Balaban J connectivity index is 0.00000341. The highest BCUT2D eigenvalue weighted by Crippen LogP contribution is 2.17. The molecule has 0 radical (unpaired) electrons. The van der Waals surface area contributed by atoms with Gasteiger partial charge in [-0.15, -0.1) is 24.0 Å². The van der Waals surface area contributed by atoms with Crippen LogP contribution in [-0.4, -0.2) is 68.2 Å². The van der Waals surface area contributed by atoms with Crippen LogP contribution in [0.1, 0.15) is 57.4 Å². The van der Waals surface area contributed by atoms with Crippen LogP contribution in [0.15, 0.2) is 35.3 Å². The van der Waals surface area contributed by atoms with E-state index in [-0.39, 0.29) is 24.0 Å². The lowest BCUT2D eigenvalue weighted by Gasteiger charge is -2.26. The van der Waals surface area contributed by atoms with Gasteiger partial charge in [0.15, 0.2) is 5.96 Å². The summed E-state index contributed by atoms with van der Waals surface area (Å²) >= 11 is 0. The van der Waals surface area contributed by atoms with Crippen molar-refractivity contribution >= 4 is 29.9 Å². The summed E-state index contributed by atoms with van der Waals surface area (Å²) in [6, 6.07) is 10.5. The molecule has 176 valence electrons. The van der Waals surface area contributed by atoms with Crippen molar-refractivity contribution in [1.29, 1.82) is 0 Å². The van der Waals surface area contributed by atoms with Crippen molar-refractivity contribution < 1.29 is 4.74 Å². The van der Waals surface area contributed by atoms with Gasteiger partial charge in [0, 0.05) is 32.1 Å². The normalized spacial score (nSPS) is 20.0. The molecule has 1 unspecified atom stereocenters.